The van der Waals surface area contributed by atoms with Gasteiger partial charge in [0.2, 0.25) is 0 Å². The minimum absolute atomic E-state index is 0.0665. The van der Waals surface area contributed by atoms with Gasteiger partial charge in [0.25, 0.3) is 5.69 Å². The number of nitro benzene ring substituents is 1. The first kappa shape index (κ1) is 18.4. The zero-order valence-electron chi connectivity index (χ0n) is 13.9. The van der Waals surface area contributed by atoms with Crippen LogP contribution in [0.5, 0.6) is 0 Å². The normalized spacial score (nSPS) is 13.5. The summed E-state index contributed by atoms with van der Waals surface area (Å²) < 4.78 is 23.3. The highest BCUT2D eigenvalue weighted by atomic mass is 32.2. The quantitative estimate of drug-likeness (QED) is 0.629. The highest BCUT2D eigenvalue weighted by molar-refractivity contribution is 7.90. The van der Waals surface area contributed by atoms with E-state index in [-0.39, 0.29) is 22.0 Å². The molecule has 0 saturated carbocycles. The van der Waals surface area contributed by atoms with Gasteiger partial charge < -0.3 is 5.32 Å². The molecule has 0 saturated heterocycles. The van der Waals surface area contributed by atoms with E-state index in [4.69, 9.17) is 0 Å². The smallest absolute Gasteiger partial charge is 0.293 e. The first-order valence-electron chi connectivity index (χ1n) is 7.28. The van der Waals surface area contributed by atoms with Crippen molar-refractivity contribution >= 4 is 32.5 Å². The third-order valence-corrected chi connectivity index (χ3v) is 5.64. The Kier molecular flexibility index (Phi) is 5.00. The number of rotatable bonds is 5. The van der Waals surface area contributed by atoms with Crippen molar-refractivity contribution in [3.8, 4) is 0 Å². The summed E-state index contributed by atoms with van der Waals surface area (Å²) in [7, 11) is -3.51. The summed E-state index contributed by atoms with van der Waals surface area (Å²) in [6.45, 7) is 6.13. The van der Waals surface area contributed by atoms with Gasteiger partial charge in [-0.15, -0.1) is 11.3 Å². The van der Waals surface area contributed by atoms with E-state index in [0.29, 0.717) is 5.69 Å². The summed E-state index contributed by atoms with van der Waals surface area (Å²) in [5.41, 5.74) is -0.127. The number of benzene rings is 1. The summed E-state index contributed by atoms with van der Waals surface area (Å²) in [5, 5.41) is 16.6. The van der Waals surface area contributed by atoms with E-state index in [1.165, 1.54) is 12.1 Å². The number of hydrogen-bond acceptors (Lipinski definition) is 6. The summed E-state index contributed by atoms with van der Waals surface area (Å²) in [6.07, 6.45) is 1.03. The van der Waals surface area contributed by atoms with Crippen molar-refractivity contribution in [2.24, 2.45) is 5.41 Å². The van der Waals surface area contributed by atoms with E-state index in [1.807, 2.05) is 38.3 Å². The molecule has 1 aromatic heterocycles. The molecule has 0 fully saturated rings. The summed E-state index contributed by atoms with van der Waals surface area (Å²) in [5.74, 6) is 0. The minimum atomic E-state index is -3.51. The number of nitrogens with zero attached hydrogens (tertiary/aromatic N) is 1. The highest BCUT2D eigenvalue weighted by Crippen LogP contribution is 2.40. The molecule has 0 radical (unpaired) electrons. The van der Waals surface area contributed by atoms with Crippen LogP contribution in [0.3, 0.4) is 0 Å². The maximum atomic E-state index is 11.6. The van der Waals surface area contributed by atoms with E-state index in [9.17, 15) is 18.5 Å². The monoisotopic (exact) mass is 368 g/mol. The standard InChI is InChI=1S/C16H20N2O4S2/c1-16(2,3)15(14-6-5-9-23-14)17-12-8-7-11(24(4,21)22)10-13(12)18(19)20/h5-10,15,17H,1-4H3. The molecule has 130 valence electrons. The number of hydrogen-bond donors (Lipinski definition) is 1. The van der Waals surface area contributed by atoms with E-state index in [0.717, 1.165) is 17.2 Å². The summed E-state index contributed by atoms with van der Waals surface area (Å²) >= 11 is 1.57. The fourth-order valence-corrected chi connectivity index (χ4v) is 4.00. The van der Waals surface area contributed by atoms with Crippen LogP contribution in [0.2, 0.25) is 0 Å². The van der Waals surface area contributed by atoms with E-state index >= 15 is 0 Å². The molecule has 6 nitrogen and oxygen atoms in total. The molecule has 0 aliphatic carbocycles. The molecule has 2 aromatic rings. The zero-order chi connectivity index (χ0) is 18.1. The highest BCUT2D eigenvalue weighted by Gasteiger charge is 2.29. The van der Waals surface area contributed by atoms with Crippen LogP contribution in [0.15, 0.2) is 40.6 Å². The van der Waals surface area contributed by atoms with Crippen LogP contribution in [0, 0.1) is 15.5 Å². The molecule has 1 unspecified atom stereocenters. The SMILES string of the molecule is CC(C)(C)C(Nc1ccc(S(C)(=O)=O)cc1[N+](=O)[O-])c1cccs1. The minimum Gasteiger partial charge on any atom is -0.371 e. The molecule has 1 N–H and O–H groups in total. The molecule has 8 heteroatoms. The Morgan fingerprint density at radius 1 is 1.25 bits per heavy atom. The van der Waals surface area contributed by atoms with Crippen LogP contribution < -0.4 is 5.32 Å². The van der Waals surface area contributed by atoms with Crippen LogP contribution in [-0.2, 0) is 9.84 Å². The topological polar surface area (TPSA) is 89.3 Å². The van der Waals surface area contributed by atoms with Gasteiger partial charge in [0, 0.05) is 17.2 Å². The van der Waals surface area contributed by atoms with Gasteiger partial charge in [-0.25, -0.2) is 8.42 Å². The number of anilines is 1. The predicted molar refractivity (Wildman–Crippen MR) is 96.3 cm³/mol. The van der Waals surface area contributed by atoms with Crippen molar-refractivity contribution in [3.63, 3.8) is 0 Å². The molecular formula is C16H20N2O4S2. The van der Waals surface area contributed by atoms with Crippen LogP contribution >= 0.6 is 11.3 Å². The van der Waals surface area contributed by atoms with Crippen molar-refractivity contribution in [2.45, 2.75) is 31.7 Å². The van der Waals surface area contributed by atoms with Crippen LogP contribution in [0.1, 0.15) is 31.7 Å². The average Bonchev–Trinajstić information content (AvgIpc) is 2.95. The van der Waals surface area contributed by atoms with E-state index in [2.05, 4.69) is 5.32 Å². The maximum absolute atomic E-state index is 11.6. The molecule has 0 aliphatic rings. The lowest BCUT2D eigenvalue weighted by Crippen LogP contribution is -2.25. The van der Waals surface area contributed by atoms with Gasteiger partial charge >= 0.3 is 0 Å². The van der Waals surface area contributed by atoms with Crippen molar-refractivity contribution in [1.29, 1.82) is 0 Å². The van der Waals surface area contributed by atoms with Gasteiger partial charge in [-0.3, -0.25) is 10.1 Å². The first-order chi connectivity index (χ1) is 11.0. The molecule has 1 atom stereocenters. The second-order valence-corrected chi connectivity index (χ2v) is 9.66. The fraction of sp³-hybridized carbons (Fsp3) is 0.375. The van der Waals surface area contributed by atoms with Gasteiger partial charge in [0.1, 0.15) is 5.69 Å². The molecule has 0 amide bonds. The van der Waals surface area contributed by atoms with Gasteiger partial charge in [-0.2, -0.15) is 0 Å². The fourth-order valence-electron chi connectivity index (χ4n) is 2.34. The summed E-state index contributed by atoms with van der Waals surface area (Å²) in [6, 6.07) is 7.72. The Morgan fingerprint density at radius 2 is 1.92 bits per heavy atom. The van der Waals surface area contributed by atoms with Crippen LogP contribution in [-0.4, -0.2) is 19.6 Å². The lowest BCUT2D eigenvalue weighted by Gasteiger charge is -2.31. The Bertz CT molecular complexity index is 837. The molecule has 1 aromatic carbocycles. The third-order valence-electron chi connectivity index (χ3n) is 3.59. The average molecular weight is 368 g/mol. The number of nitro groups is 1. The Hall–Kier alpha value is -1.93. The van der Waals surface area contributed by atoms with Crippen LogP contribution in [0.25, 0.3) is 0 Å². The second kappa shape index (κ2) is 6.52. The lowest BCUT2D eigenvalue weighted by atomic mass is 9.85. The molecule has 0 spiro atoms. The third kappa shape index (κ3) is 4.12. The Morgan fingerprint density at radius 3 is 2.38 bits per heavy atom. The first-order valence-corrected chi connectivity index (χ1v) is 10.1. The molecular weight excluding hydrogens is 348 g/mol. The Balaban J connectivity index is 2.49. The van der Waals surface area contributed by atoms with Crippen molar-refractivity contribution in [2.75, 3.05) is 11.6 Å². The molecule has 0 bridgehead atoms. The van der Waals surface area contributed by atoms with Crippen LogP contribution in [0.4, 0.5) is 11.4 Å². The van der Waals surface area contributed by atoms with E-state index < -0.39 is 14.8 Å². The van der Waals surface area contributed by atoms with Crippen molar-refractivity contribution in [3.05, 3.63) is 50.7 Å². The molecule has 24 heavy (non-hydrogen) atoms. The van der Waals surface area contributed by atoms with Gasteiger partial charge in [0.05, 0.1) is 15.9 Å². The molecule has 1 heterocycles. The van der Waals surface area contributed by atoms with Gasteiger partial charge in [-0.05, 0) is 29.0 Å². The van der Waals surface area contributed by atoms with Gasteiger partial charge in [-0.1, -0.05) is 26.8 Å². The van der Waals surface area contributed by atoms with Crippen molar-refractivity contribution < 1.29 is 13.3 Å². The van der Waals surface area contributed by atoms with Crippen molar-refractivity contribution in [1.82, 2.24) is 0 Å². The lowest BCUT2D eigenvalue weighted by molar-refractivity contribution is -0.384. The Labute approximate surface area is 145 Å². The summed E-state index contributed by atoms with van der Waals surface area (Å²) in [4.78, 5) is 11.8. The number of thiophene rings is 1. The molecule has 0 aliphatic heterocycles. The predicted octanol–water partition coefficient (Wildman–Crippen LogP) is 4.26. The number of sulfone groups is 1. The zero-order valence-corrected chi connectivity index (χ0v) is 15.6. The van der Waals surface area contributed by atoms with Gasteiger partial charge in [0.15, 0.2) is 9.84 Å². The van der Waals surface area contributed by atoms with E-state index in [1.54, 1.807) is 11.3 Å². The largest absolute Gasteiger partial charge is 0.371 e. The maximum Gasteiger partial charge on any atom is 0.293 e. The molecule has 2 rings (SSSR count). The second-order valence-electron chi connectivity index (χ2n) is 6.67. The number of nitrogens with one attached hydrogen (secondary N) is 1.